The van der Waals surface area contributed by atoms with Crippen LogP contribution in [0.5, 0.6) is 0 Å². The van der Waals surface area contributed by atoms with Gasteiger partial charge in [0.25, 0.3) is 5.91 Å². The van der Waals surface area contributed by atoms with Crippen LogP contribution in [-0.2, 0) is 4.74 Å². The normalized spacial score (nSPS) is 23.0. The van der Waals surface area contributed by atoms with Crippen LogP contribution in [0.2, 0.25) is 0 Å². The van der Waals surface area contributed by atoms with Crippen LogP contribution < -0.4 is 11.1 Å². The van der Waals surface area contributed by atoms with Crippen LogP contribution in [-0.4, -0.2) is 36.4 Å². The summed E-state index contributed by atoms with van der Waals surface area (Å²) in [5, 5.41) is 12.7. The van der Waals surface area contributed by atoms with Crippen molar-refractivity contribution in [2.24, 2.45) is 0 Å². The molecule has 1 aromatic rings. The monoisotopic (exact) mass is 250 g/mol. The molecule has 1 aliphatic heterocycles. The van der Waals surface area contributed by atoms with Crippen LogP contribution in [0.25, 0.3) is 0 Å². The Bertz CT molecular complexity index is 454. The van der Waals surface area contributed by atoms with Gasteiger partial charge in [-0.2, -0.15) is 0 Å². The number of carbonyl (C=O) groups is 1. The van der Waals surface area contributed by atoms with E-state index in [-0.39, 0.29) is 19.1 Å². The highest BCUT2D eigenvalue weighted by atomic mass is 16.5. The maximum absolute atomic E-state index is 11.9. The summed E-state index contributed by atoms with van der Waals surface area (Å²) in [5.74, 6) is -0.210. The van der Waals surface area contributed by atoms with Gasteiger partial charge < -0.3 is 20.9 Å². The van der Waals surface area contributed by atoms with E-state index in [1.54, 1.807) is 18.2 Å². The summed E-state index contributed by atoms with van der Waals surface area (Å²) < 4.78 is 5.12. The van der Waals surface area contributed by atoms with Gasteiger partial charge in [-0.05, 0) is 30.7 Å². The zero-order valence-electron chi connectivity index (χ0n) is 10.4. The first-order valence-corrected chi connectivity index (χ1v) is 5.95. The number of amides is 1. The molecule has 1 unspecified atom stereocenters. The Morgan fingerprint density at radius 2 is 2.39 bits per heavy atom. The Morgan fingerprint density at radius 1 is 1.61 bits per heavy atom. The third-order valence-corrected chi connectivity index (χ3v) is 3.19. The van der Waals surface area contributed by atoms with Gasteiger partial charge >= 0.3 is 0 Å². The Kier molecular flexibility index (Phi) is 3.54. The van der Waals surface area contributed by atoms with Crippen LogP contribution in [0.15, 0.2) is 18.2 Å². The number of rotatable bonds is 3. The molecule has 0 aliphatic carbocycles. The number of aryl methyl sites for hydroxylation is 1. The first kappa shape index (κ1) is 12.9. The van der Waals surface area contributed by atoms with Crippen LogP contribution >= 0.6 is 0 Å². The highest BCUT2D eigenvalue weighted by Gasteiger charge is 2.32. The van der Waals surface area contributed by atoms with Gasteiger partial charge in [0, 0.05) is 30.8 Å². The van der Waals surface area contributed by atoms with E-state index in [0.29, 0.717) is 24.3 Å². The minimum atomic E-state index is -0.932. The highest BCUT2D eigenvalue weighted by Crippen LogP contribution is 2.17. The molecule has 1 saturated heterocycles. The zero-order valence-corrected chi connectivity index (χ0v) is 10.4. The van der Waals surface area contributed by atoms with E-state index in [0.717, 1.165) is 5.56 Å². The van der Waals surface area contributed by atoms with Crippen molar-refractivity contribution in [1.82, 2.24) is 5.32 Å². The van der Waals surface area contributed by atoms with Crippen molar-refractivity contribution in [3.8, 4) is 0 Å². The molecular formula is C13H18N2O3. The number of aliphatic hydroxyl groups is 1. The molecule has 1 amide bonds. The Labute approximate surface area is 106 Å². The fourth-order valence-corrected chi connectivity index (χ4v) is 1.90. The van der Waals surface area contributed by atoms with Gasteiger partial charge in [-0.25, -0.2) is 0 Å². The highest BCUT2D eigenvalue weighted by molar-refractivity contribution is 5.94. The van der Waals surface area contributed by atoms with Crippen molar-refractivity contribution < 1.29 is 14.6 Å². The predicted octanol–water partition coefficient (Wildman–Crippen LogP) is 0.458. The molecule has 0 radical (unpaired) electrons. The maximum Gasteiger partial charge on any atom is 0.251 e. The van der Waals surface area contributed by atoms with Gasteiger partial charge in [0.15, 0.2) is 0 Å². The number of nitrogens with one attached hydrogen (secondary N) is 1. The fraction of sp³-hybridized carbons (Fsp3) is 0.462. The summed E-state index contributed by atoms with van der Waals surface area (Å²) >= 11 is 0. The van der Waals surface area contributed by atoms with Crippen LogP contribution in [0.1, 0.15) is 22.3 Å². The Morgan fingerprint density at radius 3 is 3.00 bits per heavy atom. The Balaban J connectivity index is 1.97. The lowest BCUT2D eigenvalue weighted by Gasteiger charge is -2.20. The SMILES string of the molecule is Cc1cc(C(=O)NCC2(O)CCOC2)ccc1N. The van der Waals surface area contributed by atoms with E-state index in [2.05, 4.69) is 5.32 Å². The lowest BCUT2D eigenvalue weighted by atomic mass is 10.0. The van der Waals surface area contributed by atoms with Crippen molar-refractivity contribution in [2.45, 2.75) is 18.9 Å². The van der Waals surface area contributed by atoms with Crippen molar-refractivity contribution in [2.75, 3.05) is 25.5 Å². The van der Waals surface area contributed by atoms with Crippen molar-refractivity contribution in [3.05, 3.63) is 29.3 Å². The molecular weight excluding hydrogens is 232 g/mol. The second kappa shape index (κ2) is 4.96. The van der Waals surface area contributed by atoms with Crippen LogP contribution in [0.3, 0.4) is 0 Å². The summed E-state index contributed by atoms with van der Waals surface area (Å²) in [6.45, 7) is 2.86. The van der Waals surface area contributed by atoms with Gasteiger partial charge in [0.05, 0.1) is 6.61 Å². The summed E-state index contributed by atoms with van der Waals surface area (Å²) in [6.07, 6.45) is 0.550. The van der Waals surface area contributed by atoms with Crippen molar-refractivity contribution in [3.63, 3.8) is 0 Å². The van der Waals surface area contributed by atoms with E-state index in [1.165, 1.54) is 0 Å². The summed E-state index contributed by atoms with van der Waals surface area (Å²) in [7, 11) is 0. The molecule has 2 rings (SSSR count). The average Bonchev–Trinajstić information content (AvgIpc) is 2.77. The van der Waals surface area contributed by atoms with Gasteiger partial charge in [-0.15, -0.1) is 0 Å². The number of benzene rings is 1. The predicted molar refractivity (Wildman–Crippen MR) is 68.3 cm³/mol. The van der Waals surface area contributed by atoms with E-state index in [4.69, 9.17) is 10.5 Å². The molecule has 18 heavy (non-hydrogen) atoms. The quantitative estimate of drug-likeness (QED) is 0.680. The van der Waals surface area contributed by atoms with E-state index in [1.807, 2.05) is 6.92 Å². The minimum absolute atomic E-state index is 0.204. The number of carbonyl (C=O) groups excluding carboxylic acids is 1. The fourth-order valence-electron chi connectivity index (χ4n) is 1.90. The topological polar surface area (TPSA) is 84.6 Å². The second-order valence-corrected chi connectivity index (χ2v) is 4.78. The molecule has 0 bridgehead atoms. The number of ether oxygens (including phenoxy) is 1. The molecule has 1 aliphatic rings. The summed E-state index contributed by atoms with van der Waals surface area (Å²) in [6, 6.07) is 5.12. The van der Waals surface area contributed by atoms with Gasteiger partial charge in [-0.3, -0.25) is 4.79 Å². The average molecular weight is 250 g/mol. The zero-order chi connectivity index (χ0) is 13.2. The number of hydrogen-bond acceptors (Lipinski definition) is 4. The number of nitrogen functional groups attached to an aromatic ring is 1. The molecule has 98 valence electrons. The second-order valence-electron chi connectivity index (χ2n) is 4.78. The van der Waals surface area contributed by atoms with Crippen molar-refractivity contribution >= 4 is 11.6 Å². The third kappa shape index (κ3) is 2.80. The van der Waals surface area contributed by atoms with Crippen LogP contribution in [0, 0.1) is 6.92 Å². The summed E-state index contributed by atoms with van der Waals surface area (Å²) in [4.78, 5) is 11.9. The molecule has 5 nitrogen and oxygen atoms in total. The molecule has 1 fully saturated rings. The third-order valence-electron chi connectivity index (χ3n) is 3.19. The molecule has 4 N–H and O–H groups in total. The molecule has 1 heterocycles. The lowest BCUT2D eigenvalue weighted by Crippen LogP contribution is -2.43. The first-order valence-electron chi connectivity index (χ1n) is 5.95. The first-order chi connectivity index (χ1) is 8.50. The van der Waals surface area contributed by atoms with E-state index in [9.17, 15) is 9.90 Å². The largest absolute Gasteiger partial charge is 0.399 e. The van der Waals surface area contributed by atoms with Crippen molar-refractivity contribution in [1.29, 1.82) is 0 Å². The lowest BCUT2D eigenvalue weighted by molar-refractivity contribution is 0.0264. The molecule has 0 spiro atoms. The molecule has 1 aromatic carbocycles. The Hall–Kier alpha value is -1.59. The number of nitrogens with two attached hydrogens (primary N) is 1. The number of anilines is 1. The molecule has 5 heteroatoms. The molecule has 0 saturated carbocycles. The van der Waals surface area contributed by atoms with E-state index < -0.39 is 5.60 Å². The number of hydrogen-bond donors (Lipinski definition) is 3. The van der Waals surface area contributed by atoms with Crippen LogP contribution in [0.4, 0.5) is 5.69 Å². The smallest absolute Gasteiger partial charge is 0.251 e. The molecule has 0 aromatic heterocycles. The van der Waals surface area contributed by atoms with E-state index >= 15 is 0 Å². The molecule has 1 atom stereocenters. The minimum Gasteiger partial charge on any atom is -0.399 e. The maximum atomic E-state index is 11.9. The van der Waals surface area contributed by atoms with Gasteiger partial charge in [0.2, 0.25) is 0 Å². The summed E-state index contributed by atoms with van der Waals surface area (Å²) in [5.41, 5.74) is 6.84. The standard InChI is InChI=1S/C13H18N2O3/c1-9-6-10(2-3-11(9)14)12(16)15-7-13(17)4-5-18-8-13/h2-3,6,17H,4-5,7-8,14H2,1H3,(H,15,16). The van der Waals surface area contributed by atoms with Gasteiger partial charge in [0.1, 0.15) is 5.60 Å². The van der Waals surface area contributed by atoms with Gasteiger partial charge in [-0.1, -0.05) is 0 Å².